The first-order chi connectivity index (χ1) is 16.4. The molecule has 0 aliphatic heterocycles. The molecule has 0 unspecified atom stereocenters. The second-order valence-electron chi connectivity index (χ2n) is 8.98. The summed E-state index contributed by atoms with van der Waals surface area (Å²) in [6.45, 7) is 2.01. The molecule has 174 valence electrons. The van der Waals surface area contributed by atoms with E-state index in [0.29, 0.717) is 23.2 Å². The van der Waals surface area contributed by atoms with Crippen molar-refractivity contribution in [1.82, 2.24) is 29.3 Å². The summed E-state index contributed by atoms with van der Waals surface area (Å²) >= 11 is 1.20. The fourth-order valence-corrected chi connectivity index (χ4v) is 5.71. The summed E-state index contributed by atoms with van der Waals surface area (Å²) in [6, 6.07) is 8.14. The Morgan fingerprint density at radius 1 is 1.21 bits per heavy atom. The molecule has 5 rings (SSSR count). The number of nitriles is 1. The molecule has 0 amide bonds. The standard InChI is InChI=1S/C25H26FN7S/c1-16-21(15-32(30-16)20-8-6-19(7-9-20)31(2)3)17-11-23(34-25-22(26)5-4-10-28-25)24-18(12-27)13-29-33(24)14-17/h4-5,10-11,13-15,19-20H,6-9H2,1-3H3. The fraction of sp³-hybridized carbons (Fsp3) is 0.360. The lowest BCUT2D eigenvalue weighted by atomic mass is 9.90. The summed E-state index contributed by atoms with van der Waals surface area (Å²) < 4.78 is 18.2. The average Bonchev–Trinajstić information content (AvgIpc) is 3.44. The molecule has 1 aliphatic rings. The highest BCUT2D eigenvalue weighted by Gasteiger charge is 2.25. The van der Waals surface area contributed by atoms with Crippen LogP contribution in [-0.4, -0.2) is 49.4 Å². The van der Waals surface area contributed by atoms with E-state index in [4.69, 9.17) is 5.10 Å². The number of halogens is 1. The largest absolute Gasteiger partial charge is 0.306 e. The molecule has 34 heavy (non-hydrogen) atoms. The maximum absolute atomic E-state index is 14.4. The first-order valence-electron chi connectivity index (χ1n) is 11.4. The van der Waals surface area contributed by atoms with Gasteiger partial charge in [0.05, 0.1) is 29.0 Å². The quantitative estimate of drug-likeness (QED) is 0.399. The number of pyridine rings is 2. The van der Waals surface area contributed by atoms with Gasteiger partial charge in [-0.2, -0.15) is 15.5 Å². The minimum atomic E-state index is -0.397. The Hall–Kier alpha value is -3.22. The zero-order valence-corrected chi connectivity index (χ0v) is 20.3. The molecular weight excluding hydrogens is 449 g/mol. The molecule has 0 saturated heterocycles. The van der Waals surface area contributed by atoms with Crippen LogP contribution >= 0.6 is 11.8 Å². The van der Waals surface area contributed by atoms with Gasteiger partial charge in [-0.1, -0.05) is 11.8 Å². The van der Waals surface area contributed by atoms with Gasteiger partial charge >= 0.3 is 0 Å². The number of aromatic nitrogens is 5. The molecule has 4 aromatic heterocycles. The Morgan fingerprint density at radius 2 is 2.00 bits per heavy atom. The van der Waals surface area contributed by atoms with Gasteiger partial charge in [0, 0.05) is 40.7 Å². The minimum Gasteiger partial charge on any atom is -0.306 e. The van der Waals surface area contributed by atoms with Crippen molar-refractivity contribution in [3.63, 3.8) is 0 Å². The number of hydrogen-bond donors (Lipinski definition) is 0. The molecule has 9 heteroatoms. The molecule has 1 saturated carbocycles. The Labute approximate surface area is 202 Å². The minimum absolute atomic E-state index is 0.261. The monoisotopic (exact) mass is 475 g/mol. The maximum atomic E-state index is 14.4. The van der Waals surface area contributed by atoms with Gasteiger partial charge in [-0.3, -0.25) is 4.68 Å². The topological polar surface area (TPSA) is 75.0 Å². The van der Waals surface area contributed by atoms with Crippen molar-refractivity contribution in [2.45, 2.75) is 54.6 Å². The third-order valence-corrected chi connectivity index (χ3v) is 7.65. The van der Waals surface area contributed by atoms with Gasteiger partial charge < -0.3 is 4.90 Å². The first-order valence-corrected chi connectivity index (χ1v) is 12.2. The highest BCUT2D eigenvalue weighted by Crippen LogP contribution is 2.37. The fourth-order valence-electron chi connectivity index (χ4n) is 4.73. The van der Waals surface area contributed by atoms with Crippen LogP contribution in [0.15, 0.2) is 52.9 Å². The number of rotatable bonds is 5. The molecule has 0 atom stereocenters. The van der Waals surface area contributed by atoms with E-state index in [9.17, 15) is 9.65 Å². The molecule has 1 fully saturated rings. The highest BCUT2D eigenvalue weighted by atomic mass is 32.2. The summed E-state index contributed by atoms with van der Waals surface area (Å²) in [6.07, 6.45) is 11.7. The summed E-state index contributed by atoms with van der Waals surface area (Å²) in [5.74, 6) is -0.397. The smallest absolute Gasteiger partial charge is 0.155 e. The highest BCUT2D eigenvalue weighted by molar-refractivity contribution is 7.99. The molecule has 4 aromatic rings. The van der Waals surface area contributed by atoms with Crippen LogP contribution in [0.25, 0.3) is 16.6 Å². The van der Waals surface area contributed by atoms with Crippen molar-refractivity contribution < 1.29 is 4.39 Å². The number of hydrogen-bond acceptors (Lipinski definition) is 6. The molecule has 0 N–H and O–H groups in total. The second-order valence-corrected chi connectivity index (χ2v) is 10.0. The molecule has 0 bridgehead atoms. The van der Waals surface area contributed by atoms with E-state index in [-0.39, 0.29) is 5.03 Å². The number of aryl methyl sites for hydroxylation is 1. The third-order valence-electron chi connectivity index (χ3n) is 6.63. The number of fused-ring (bicyclic) bond motifs is 1. The predicted octanol–water partition coefficient (Wildman–Crippen LogP) is 5.11. The Balaban J connectivity index is 1.52. The van der Waals surface area contributed by atoms with E-state index < -0.39 is 5.82 Å². The van der Waals surface area contributed by atoms with Crippen molar-refractivity contribution >= 4 is 17.3 Å². The maximum Gasteiger partial charge on any atom is 0.155 e. The van der Waals surface area contributed by atoms with Gasteiger partial charge in [0.2, 0.25) is 0 Å². The molecule has 7 nitrogen and oxygen atoms in total. The van der Waals surface area contributed by atoms with Crippen molar-refractivity contribution in [3.8, 4) is 17.2 Å². The van der Waals surface area contributed by atoms with Crippen molar-refractivity contribution in [2.24, 2.45) is 0 Å². The van der Waals surface area contributed by atoms with Crippen molar-refractivity contribution in [2.75, 3.05) is 14.1 Å². The zero-order valence-electron chi connectivity index (χ0n) is 19.4. The molecule has 0 spiro atoms. The van der Waals surface area contributed by atoms with Crippen LogP contribution in [0.2, 0.25) is 0 Å². The van der Waals surface area contributed by atoms with Crippen LogP contribution in [0.4, 0.5) is 4.39 Å². The third kappa shape index (κ3) is 4.19. The van der Waals surface area contributed by atoms with Gasteiger partial charge in [-0.15, -0.1) is 0 Å². The average molecular weight is 476 g/mol. The number of nitrogens with zero attached hydrogens (tertiary/aromatic N) is 7. The van der Waals surface area contributed by atoms with Crippen LogP contribution in [0.1, 0.15) is 43.0 Å². The van der Waals surface area contributed by atoms with E-state index in [0.717, 1.165) is 34.6 Å². The lowest BCUT2D eigenvalue weighted by Gasteiger charge is -2.32. The van der Waals surface area contributed by atoms with E-state index in [2.05, 4.69) is 46.0 Å². The SMILES string of the molecule is Cc1nn(C2CCC(N(C)C)CC2)cc1-c1cc(Sc2ncccc2F)c2c(C#N)cnn2c1. The summed E-state index contributed by atoms with van der Waals surface area (Å²) in [5.41, 5.74) is 3.95. The molecular formula is C25H26FN7S. The normalized spacial score (nSPS) is 18.5. The van der Waals surface area contributed by atoms with Crippen molar-refractivity contribution in [1.29, 1.82) is 5.26 Å². The molecule has 1 aliphatic carbocycles. The van der Waals surface area contributed by atoms with Crippen LogP contribution in [0.3, 0.4) is 0 Å². The molecule has 4 heterocycles. The van der Waals surface area contributed by atoms with Gasteiger partial charge in [0.15, 0.2) is 5.82 Å². The van der Waals surface area contributed by atoms with E-state index in [1.165, 1.54) is 36.9 Å². The van der Waals surface area contributed by atoms with Crippen LogP contribution in [0, 0.1) is 24.1 Å². The predicted molar refractivity (Wildman–Crippen MR) is 129 cm³/mol. The van der Waals surface area contributed by atoms with E-state index in [1.54, 1.807) is 16.8 Å². The van der Waals surface area contributed by atoms with E-state index >= 15 is 0 Å². The summed E-state index contributed by atoms with van der Waals surface area (Å²) in [7, 11) is 4.30. The molecule has 0 radical (unpaired) electrons. The second kappa shape index (κ2) is 9.20. The lowest BCUT2D eigenvalue weighted by Crippen LogP contribution is -2.32. The van der Waals surface area contributed by atoms with Gasteiger partial charge in [-0.25, -0.2) is 13.9 Å². The Bertz CT molecular complexity index is 1380. The summed E-state index contributed by atoms with van der Waals surface area (Å²) in [4.78, 5) is 7.22. The Kier molecular flexibility index (Phi) is 6.11. The van der Waals surface area contributed by atoms with E-state index in [1.807, 2.05) is 19.2 Å². The van der Waals surface area contributed by atoms with Crippen LogP contribution in [-0.2, 0) is 0 Å². The van der Waals surface area contributed by atoms with Crippen LogP contribution < -0.4 is 0 Å². The zero-order chi connectivity index (χ0) is 23.8. The molecule has 0 aromatic carbocycles. The van der Waals surface area contributed by atoms with Gasteiger partial charge in [-0.05, 0) is 64.9 Å². The van der Waals surface area contributed by atoms with Gasteiger partial charge in [0.1, 0.15) is 11.1 Å². The van der Waals surface area contributed by atoms with Crippen molar-refractivity contribution in [3.05, 3.63) is 60.1 Å². The first kappa shape index (κ1) is 22.6. The summed E-state index contributed by atoms with van der Waals surface area (Å²) in [5, 5.41) is 19.1. The van der Waals surface area contributed by atoms with Crippen LogP contribution in [0.5, 0.6) is 0 Å². The lowest BCUT2D eigenvalue weighted by molar-refractivity contribution is 0.189. The Morgan fingerprint density at radius 3 is 2.71 bits per heavy atom. The van der Waals surface area contributed by atoms with Gasteiger partial charge in [0.25, 0.3) is 0 Å².